The van der Waals surface area contributed by atoms with Crippen LogP contribution in [-0.2, 0) is 0 Å². The fraction of sp³-hybridized carbons (Fsp3) is 0.200. The zero-order chi connectivity index (χ0) is 21.3. The molecule has 13 heteroatoms. The number of carbonyl (C=O) groups is 1. The average Bonchev–Trinajstić information content (AvgIpc) is 2.54. The van der Waals surface area contributed by atoms with Crippen LogP contribution >= 0.6 is 34.8 Å². The van der Waals surface area contributed by atoms with Crippen molar-refractivity contribution in [1.29, 1.82) is 0 Å². The zero-order valence-electron chi connectivity index (χ0n) is 13.2. The van der Waals surface area contributed by atoms with Crippen LogP contribution in [0.3, 0.4) is 0 Å². The van der Waals surface area contributed by atoms with Gasteiger partial charge in [0.05, 0.1) is 10.0 Å². The van der Waals surface area contributed by atoms with Gasteiger partial charge in [-0.25, -0.2) is 4.98 Å². The molecule has 152 valence electrons. The Morgan fingerprint density at radius 2 is 1.43 bits per heavy atom. The second kappa shape index (κ2) is 7.84. The summed E-state index contributed by atoms with van der Waals surface area (Å²) in [5.74, 6) is -2.65. The first-order chi connectivity index (χ1) is 12.8. The first-order valence-electron chi connectivity index (χ1n) is 7.07. The van der Waals surface area contributed by atoms with Gasteiger partial charge in [0.15, 0.2) is 0 Å². The van der Waals surface area contributed by atoms with Gasteiger partial charge in [-0.05, 0) is 30.3 Å². The van der Waals surface area contributed by atoms with Crippen LogP contribution in [0.5, 0.6) is 0 Å². The molecule has 0 radical (unpaired) electrons. The normalized spacial score (nSPS) is 12.6. The number of hydrogen-bond donors (Lipinski definition) is 2. The molecular formula is C15H8Cl3F6N3O. The summed E-state index contributed by atoms with van der Waals surface area (Å²) in [6.45, 7) is 0. The number of halogens is 9. The largest absolute Gasteiger partial charge is 0.439 e. The zero-order valence-corrected chi connectivity index (χ0v) is 15.5. The molecule has 0 unspecified atom stereocenters. The van der Waals surface area contributed by atoms with E-state index in [1.165, 1.54) is 5.32 Å². The predicted octanol–water partition coefficient (Wildman–Crippen LogP) is 5.70. The lowest BCUT2D eigenvalue weighted by Crippen LogP contribution is -2.72. The Bertz CT molecular complexity index is 857. The minimum absolute atomic E-state index is 0.120. The molecule has 1 aromatic carbocycles. The summed E-state index contributed by atoms with van der Waals surface area (Å²) >= 11 is 16.8. The van der Waals surface area contributed by atoms with E-state index in [0.29, 0.717) is 0 Å². The standard InChI is InChI=1S/C15H8Cl3F6N3O/c16-8-3-1-7(2-4-8)12(28)27-13(14(19,20)21,15(22,23)24)26-11-10(18)5-9(17)6-25-11/h1-6H,(H,25,26)(H,27,28). The van der Waals surface area contributed by atoms with Crippen molar-refractivity contribution in [3.63, 3.8) is 0 Å². The van der Waals surface area contributed by atoms with Crippen molar-refractivity contribution in [3.8, 4) is 0 Å². The lowest BCUT2D eigenvalue weighted by molar-refractivity contribution is -0.294. The molecule has 0 spiro atoms. The first-order valence-corrected chi connectivity index (χ1v) is 8.21. The van der Waals surface area contributed by atoms with Crippen molar-refractivity contribution in [3.05, 3.63) is 57.2 Å². The lowest BCUT2D eigenvalue weighted by atomic mass is 10.1. The SMILES string of the molecule is O=C(NC(Nc1ncc(Cl)cc1Cl)(C(F)(F)F)C(F)(F)F)c1ccc(Cl)cc1. The summed E-state index contributed by atoms with van der Waals surface area (Å²) < 4.78 is 81.6. The van der Waals surface area contributed by atoms with Crippen LogP contribution < -0.4 is 10.6 Å². The van der Waals surface area contributed by atoms with Crippen LogP contribution in [0.4, 0.5) is 32.2 Å². The van der Waals surface area contributed by atoms with Gasteiger partial charge in [0.1, 0.15) is 5.82 Å². The van der Waals surface area contributed by atoms with Gasteiger partial charge >= 0.3 is 18.0 Å². The number of amides is 1. The third-order valence-electron chi connectivity index (χ3n) is 3.37. The Labute approximate surface area is 168 Å². The maximum Gasteiger partial charge on any atom is 0.439 e. The predicted molar refractivity (Wildman–Crippen MR) is 91.6 cm³/mol. The highest BCUT2D eigenvalue weighted by atomic mass is 35.5. The van der Waals surface area contributed by atoms with E-state index in [1.54, 1.807) is 0 Å². The fourth-order valence-electron chi connectivity index (χ4n) is 2.00. The first kappa shape index (κ1) is 22.4. The number of nitrogens with one attached hydrogen (secondary N) is 2. The molecule has 0 atom stereocenters. The molecule has 0 saturated carbocycles. The molecule has 28 heavy (non-hydrogen) atoms. The quantitative estimate of drug-likeness (QED) is 0.449. The van der Waals surface area contributed by atoms with Crippen LogP contribution in [0.25, 0.3) is 0 Å². The highest BCUT2D eigenvalue weighted by Crippen LogP contribution is 2.44. The molecule has 0 aliphatic heterocycles. The molecule has 0 aliphatic carbocycles. The van der Waals surface area contributed by atoms with E-state index in [0.717, 1.165) is 41.8 Å². The minimum atomic E-state index is -6.03. The van der Waals surface area contributed by atoms with Crippen molar-refractivity contribution < 1.29 is 31.1 Å². The maximum absolute atomic E-state index is 13.6. The highest BCUT2D eigenvalue weighted by Gasteiger charge is 2.73. The van der Waals surface area contributed by atoms with Crippen molar-refractivity contribution in [2.24, 2.45) is 0 Å². The highest BCUT2D eigenvalue weighted by molar-refractivity contribution is 6.36. The number of benzene rings is 1. The number of anilines is 1. The molecule has 4 nitrogen and oxygen atoms in total. The van der Waals surface area contributed by atoms with Gasteiger partial charge in [0.2, 0.25) is 0 Å². The van der Waals surface area contributed by atoms with Gasteiger partial charge in [-0.2, -0.15) is 26.3 Å². The summed E-state index contributed by atoms with van der Waals surface area (Å²) in [7, 11) is 0. The van der Waals surface area contributed by atoms with Crippen molar-refractivity contribution in [2.75, 3.05) is 5.32 Å². The third kappa shape index (κ3) is 4.56. The number of nitrogens with zero attached hydrogens (tertiary/aromatic N) is 1. The van der Waals surface area contributed by atoms with E-state index < -0.39 is 40.3 Å². The Balaban J connectivity index is 2.54. The van der Waals surface area contributed by atoms with Crippen molar-refractivity contribution in [2.45, 2.75) is 18.0 Å². The number of hydrogen-bond acceptors (Lipinski definition) is 3. The molecule has 0 saturated heterocycles. The second-order valence-electron chi connectivity index (χ2n) is 5.32. The van der Waals surface area contributed by atoms with Gasteiger partial charge in [-0.1, -0.05) is 34.8 Å². The van der Waals surface area contributed by atoms with Gasteiger partial charge in [-0.3, -0.25) is 4.79 Å². The Morgan fingerprint density at radius 3 is 1.89 bits per heavy atom. The van der Waals surface area contributed by atoms with Crippen LogP contribution in [0, 0.1) is 0 Å². The van der Waals surface area contributed by atoms with Gasteiger partial charge < -0.3 is 10.6 Å². The fourth-order valence-corrected chi connectivity index (χ4v) is 2.56. The number of rotatable bonds is 4. The van der Waals surface area contributed by atoms with Gasteiger partial charge in [-0.15, -0.1) is 0 Å². The second-order valence-corrected chi connectivity index (χ2v) is 6.60. The van der Waals surface area contributed by atoms with Crippen LogP contribution in [-0.4, -0.2) is 28.9 Å². The summed E-state index contributed by atoms with van der Waals surface area (Å²) in [5, 5.41) is 1.52. The van der Waals surface area contributed by atoms with Gasteiger partial charge in [0.25, 0.3) is 5.91 Å². The molecule has 0 fully saturated rings. The third-order valence-corrected chi connectivity index (χ3v) is 4.12. The Hall–Kier alpha value is -1.91. The summed E-state index contributed by atoms with van der Waals surface area (Å²) in [4.78, 5) is 15.5. The van der Waals surface area contributed by atoms with Crippen molar-refractivity contribution in [1.82, 2.24) is 10.3 Å². The summed E-state index contributed by atoms with van der Waals surface area (Å²) in [5.41, 5.74) is -5.37. The monoisotopic (exact) mass is 465 g/mol. The van der Waals surface area contributed by atoms with Gasteiger partial charge in [0, 0.05) is 16.8 Å². The van der Waals surface area contributed by atoms with E-state index in [1.807, 2.05) is 0 Å². The average molecular weight is 467 g/mol. The van der Waals surface area contributed by atoms with E-state index in [-0.39, 0.29) is 10.0 Å². The molecular weight excluding hydrogens is 459 g/mol. The molecule has 1 amide bonds. The Morgan fingerprint density at radius 1 is 0.893 bits per heavy atom. The molecule has 2 aromatic rings. The summed E-state index contributed by atoms with van der Waals surface area (Å²) in [6, 6.07) is 5.07. The van der Waals surface area contributed by atoms with E-state index >= 15 is 0 Å². The Kier molecular flexibility index (Phi) is 6.27. The number of alkyl halides is 6. The van der Waals surface area contributed by atoms with E-state index in [2.05, 4.69) is 4.98 Å². The molecule has 2 N–H and O–H groups in total. The summed E-state index contributed by atoms with van der Waals surface area (Å²) in [6.07, 6.45) is -11.3. The molecule has 2 rings (SSSR count). The lowest BCUT2D eigenvalue weighted by Gasteiger charge is -2.38. The number of aromatic nitrogens is 1. The number of carbonyl (C=O) groups excluding carboxylic acids is 1. The smallest absolute Gasteiger partial charge is 0.331 e. The molecule has 0 bridgehead atoms. The molecule has 1 heterocycles. The minimum Gasteiger partial charge on any atom is -0.331 e. The van der Waals surface area contributed by atoms with E-state index in [4.69, 9.17) is 34.8 Å². The maximum atomic E-state index is 13.6. The topological polar surface area (TPSA) is 54.0 Å². The number of pyridine rings is 1. The molecule has 1 aromatic heterocycles. The molecule has 0 aliphatic rings. The van der Waals surface area contributed by atoms with Crippen molar-refractivity contribution >= 4 is 46.5 Å². The van der Waals surface area contributed by atoms with Crippen LogP contribution in [0.2, 0.25) is 15.1 Å². The van der Waals surface area contributed by atoms with Crippen LogP contribution in [0.15, 0.2) is 36.5 Å². The van der Waals surface area contributed by atoms with E-state index in [9.17, 15) is 31.1 Å². The van der Waals surface area contributed by atoms with Crippen LogP contribution in [0.1, 0.15) is 10.4 Å².